The molecule has 0 fully saturated rings. The first-order valence-electron chi connectivity index (χ1n) is 5.56. The minimum absolute atomic E-state index is 0.000790. The molecule has 5 nitrogen and oxygen atoms in total. The highest BCUT2D eigenvalue weighted by Crippen LogP contribution is 2.35. The third kappa shape index (κ3) is 2.68. The molecular weight excluding hydrogens is 220 g/mol. The van der Waals surface area contributed by atoms with Crippen LogP contribution in [0, 0.1) is 0 Å². The van der Waals surface area contributed by atoms with E-state index in [4.69, 9.17) is 10.5 Å². The molecule has 17 heavy (non-hydrogen) atoms. The summed E-state index contributed by atoms with van der Waals surface area (Å²) in [5.41, 5.74) is 6.14. The van der Waals surface area contributed by atoms with Gasteiger partial charge in [-0.25, -0.2) is 0 Å². The predicted molar refractivity (Wildman–Crippen MR) is 62.8 cm³/mol. The molecule has 0 radical (unpaired) electrons. The highest BCUT2D eigenvalue weighted by atomic mass is 16.5. The number of hydrogen-bond donors (Lipinski definition) is 3. The molecule has 1 aromatic rings. The van der Waals surface area contributed by atoms with Gasteiger partial charge in [0.15, 0.2) is 0 Å². The van der Waals surface area contributed by atoms with Crippen LogP contribution in [0.3, 0.4) is 0 Å². The summed E-state index contributed by atoms with van der Waals surface area (Å²) >= 11 is 0. The van der Waals surface area contributed by atoms with Crippen molar-refractivity contribution in [3.8, 4) is 11.5 Å². The first-order valence-corrected chi connectivity index (χ1v) is 5.56. The second-order valence-corrected chi connectivity index (χ2v) is 4.32. The van der Waals surface area contributed by atoms with Crippen LogP contribution in [0.4, 0.5) is 0 Å². The molecule has 0 saturated carbocycles. The zero-order valence-electron chi connectivity index (χ0n) is 9.64. The molecule has 0 bridgehead atoms. The molecule has 1 heterocycles. The number of primary amides is 1. The van der Waals surface area contributed by atoms with E-state index in [9.17, 15) is 9.90 Å². The number of amides is 1. The summed E-state index contributed by atoms with van der Waals surface area (Å²) in [6, 6.07) is 5.09. The summed E-state index contributed by atoms with van der Waals surface area (Å²) in [5.74, 6) is 0.554. The van der Waals surface area contributed by atoms with Crippen molar-refractivity contribution in [2.24, 2.45) is 5.73 Å². The average molecular weight is 236 g/mol. The molecule has 0 aliphatic carbocycles. The number of rotatable bonds is 4. The largest absolute Gasteiger partial charge is 0.508 e. The lowest BCUT2D eigenvalue weighted by molar-refractivity contribution is -0.118. The number of carbonyl (C=O) groups excluding carboxylic acids is 1. The molecule has 1 amide bonds. The first-order chi connectivity index (χ1) is 8.06. The van der Waals surface area contributed by atoms with E-state index in [0.717, 1.165) is 5.56 Å². The number of carbonyl (C=O) groups is 1. The number of nitrogens with one attached hydrogen (secondary N) is 1. The topological polar surface area (TPSA) is 84.6 Å². The van der Waals surface area contributed by atoms with Gasteiger partial charge in [-0.3, -0.25) is 4.79 Å². The predicted octanol–water partition coefficient (Wildman–Crippen LogP) is 0.679. The lowest BCUT2D eigenvalue weighted by Crippen LogP contribution is -2.34. The van der Waals surface area contributed by atoms with Crippen LogP contribution >= 0.6 is 0 Å². The van der Waals surface area contributed by atoms with Gasteiger partial charge in [0, 0.05) is 24.1 Å². The van der Waals surface area contributed by atoms with E-state index in [2.05, 4.69) is 5.32 Å². The Labute approximate surface area is 99.6 Å². The standard InChI is InChI=1S/C12H16N2O3/c1-7(4-12(13)16)14-10-6-17-11-5-8(15)2-3-9(10)11/h2-3,5,7,10,14-15H,4,6H2,1H3,(H2,13,16). The lowest BCUT2D eigenvalue weighted by Gasteiger charge is -2.17. The molecule has 0 spiro atoms. The number of nitrogens with two attached hydrogens (primary N) is 1. The van der Waals surface area contributed by atoms with Crippen LogP contribution in [-0.4, -0.2) is 23.7 Å². The number of benzene rings is 1. The van der Waals surface area contributed by atoms with Gasteiger partial charge >= 0.3 is 0 Å². The average Bonchev–Trinajstić information content (AvgIpc) is 2.59. The fraction of sp³-hybridized carbons (Fsp3) is 0.417. The minimum atomic E-state index is -0.324. The molecule has 1 aliphatic heterocycles. The molecule has 0 aromatic heterocycles. The molecule has 1 aliphatic rings. The quantitative estimate of drug-likeness (QED) is 0.717. The molecule has 2 atom stereocenters. The van der Waals surface area contributed by atoms with Gasteiger partial charge in [0.25, 0.3) is 0 Å². The van der Waals surface area contributed by atoms with E-state index in [1.165, 1.54) is 0 Å². The zero-order valence-corrected chi connectivity index (χ0v) is 9.64. The Morgan fingerprint density at radius 1 is 1.71 bits per heavy atom. The van der Waals surface area contributed by atoms with Crippen molar-refractivity contribution >= 4 is 5.91 Å². The Morgan fingerprint density at radius 3 is 3.18 bits per heavy atom. The van der Waals surface area contributed by atoms with Crippen LogP contribution in [0.2, 0.25) is 0 Å². The number of ether oxygens (including phenoxy) is 1. The molecule has 2 rings (SSSR count). The maximum atomic E-state index is 10.8. The SMILES string of the molecule is CC(CC(N)=O)NC1COc2cc(O)ccc21. The van der Waals surface area contributed by atoms with Crippen molar-refractivity contribution < 1.29 is 14.6 Å². The van der Waals surface area contributed by atoms with Crippen LogP contribution in [0.15, 0.2) is 18.2 Å². The third-order valence-electron chi connectivity index (χ3n) is 2.77. The highest BCUT2D eigenvalue weighted by molar-refractivity contribution is 5.74. The number of aromatic hydroxyl groups is 1. The second kappa shape index (κ2) is 4.63. The fourth-order valence-electron chi connectivity index (χ4n) is 2.04. The molecule has 2 unspecified atom stereocenters. The summed E-state index contributed by atoms with van der Waals surface area (Å²) in [5, 5.41) is 12.6. The van der Waals surface area contributed by atoms with Gasteiger partial charge in [0.2, 0.25) is 5.91 Å². The minimum Gasteiger partial charge on any atom is -0.508 e. The second-order valence-electron chi connectivity index (χ2n) is 4.32. The van der Waals surface area contributed by atoms with Gasteiger partial charge in [-0.15, -0.1) is 0 Å². The highest BCUT2D eigenvalue weighted by Gasteiger charge is 2.25. The number of phenols is 1. The molecule has 5 heteroatoms. The van der Waals surface area contributed by atoms with Gasteiger partial charge in [0.1, 0.15) is 18.1 Å². The smallest absolute Gasteiger partial charge is 0.218 e. The van der Waals surface area contributed by atoms with E-state index in [0.29, 0.717) is 18.8 Å². The van der Waals surface area contributed by atoms with E-state index in [-0.39, 0.29) is 23.7 Å². The van der Waals surface area contributed by atoms with Crippen molar-refractivity contribution in [1.29, 1.82) is 0 Å². The van der Waals surface area contributed by atoms with Crippen molar-refractivity contribution in [2.45, 2.75) is 25.4 Å². The van der Waals surface area contributed by atoms with Crippen LogP contribution in [0.1, 0.15) is 24.9 Å². The monoisotopic (exact) mass is 236 g/mol. The van der Waals surface area contributed by atoms with Gasteiger partial charge in [-0.05, 0) is 19.1 Å². The Kier molecular flexibility index (Phi) is 3.19. The fourth-order valence-corrected chi connectivity index (χ4v) is 2.04. The van der Waals surface area contributed by atoms with Gasteiger partial charge in [0.05, 0.1) is 6.04 Å². The maximum absolute atomic E-state index is 10.8. The summed E-state index contributed by atoms with van der Waals surface area (Å²) in [7, 11) is 0. The van der Waals surface area contributed by atoms with E-state index in [1.807, 2.05) is 13.0 Å². The van der Waals surface area contributed by atoms with Gasteiger partial charge < -0.3 is 20.9 Å². The summed E-state index contributed by atoms with van der Waals surface area (Å²) in [6.07, 6.45) is 0.296. The van der Waals surface area contributed by atoms with Gasteiger partial charge in [-0.1, -0.05) is 0 Å². The zero-order chi connectivity index (χ0) is 12.4. The number of phenolic OH excluding ortho intramolecular Hbond substituents is 1. The van der Waals surface area contributed by atoms with E-state index in [1.54, 1.807) is 12.1 Å². The van der Waals surface area contributed by atoms with Gasteiger partial charge in [-0.2, -0.15) is 0 Å². The Morgan fingerprint density at radius 2 is 2.47 bits per heavy atom. The number of fused-ring (bicyclic) bond motifs is 1. The molecule has 0 saturated heterocycles. The molecule has 4 N–H and O–H groups in total. The summed E-state index contributed by atoms with van der Waals surface area (Å²) < 4.78 is 5.46. The maximum Gasteiger partial charge on any atom is 0.218 e. The van der Waals surface area contributed by atoms with Crippen LogP contribution in [-0.2, 0) is 4.79 Å². The number of hydrogen-bond acceptors (Lipinski definition) is 4. The lowest BCUT2D eigenvalue weighted by atomic mass is 10.1. The third-order valence-corrected chi connectivity index (χ3v) is 2.77. The first kappa shape index (κ1) is 11.7. The summed E-state index contributed by atoms with van der Waals surface area (Å²) in [4.78, 5) is 10.8. The van der Waals surface area contributed by atoms with Crippen molar-refractivity contribution in [3.05, 3.63) is 23.8 Å². The van der Waals surface area contributed by atoms with Crippen LogP contribution in [0.5, 0.6) is 11.5 Å². The van der Waals surface area contributed by atoms with E-state index < -0.39 is 0 Å². The Bertz CT molecular complexity index is 434. The van der Waals surface area contributed by atoms with Crippen molar-refractivity contribution in [2.75, 3.05) is 6.61 Å². The van der Waals surface area contributed by atoms with Crippen molar-refractivity contribution in [1.82, 2.24) is 5.32 Å². The molecule has 92 valence electrons. The summed E-state index contributed by atoms with van der Waals surface area (Å²) in [6.45, 7) is 2.41. The van der Waals surface area contributed by atoms with Crippen molar-refractivity contribution in [3.63, 3.8) is 0 Å². The van der Waals surface area contributed by atoms with Crippen LogP contribution < -0.4 is 15.8 Å². The Hall–Kier alpha value is -1.75. The normalized spacial score (nSPS) is 19.5. The van der Waals surface area contributed by atoms with Crippen LogP contribution in [0.25, 0.3) is 0 Å². The Balaban J connectivity index is 2.04. The molecule has 1 aromatic carbocycles. The van der Waals surface area contributed by atoms with E-state index >= 15 is 0 Å². The molecular formula is C12H16N2O3.